The Hall–Kier alpha value is -3.48. The van der Waals surface area contributed by atoms with Gasteiger partial charge in [-0.2, -0.15) is 0 Å². The van der Waals surface area contributed by atoms with Crippen LogP contribution in [0.25, 0.3) is 0 Å². The lowest BCUT2D eigenvalue weighted by atomic mass is 10.0. The average Bonchev–Trinajstić information content (AvgIpc) is 2.83. The molecule has 0 unspecified atom stereocenters. The lowest BCUT2D eigenvalue weighted by Gasteiger charge is -2.28. The quantitative estimate of drug-likeness (QED) is 0.709. The van der Waals surface area contributed by atoms with E-state index in [2.05, 4.69) is 5.32 Å². The number of hydrogen-bond acceptors (Lipinski definition) is 5. The first-order valence-electron chi connectivity index (χ1n) is 11.1. The fourth-order valence-corrected chi connectivity index (χ4v) is 3.74. The number of likely N-dealkylation sites (N-methyl/N-ethyl adjacent to an activating group) is 1. The second kappa shape index (κ2) is 10.9. The highest BCUT2D eigenvalue weighted by molar-refractivity contribution is 5.99. The van der Waals surface area contributed by atoms with Crippen LogP contribution in [-0.4, -0.2) is 50.1 Å². The molecule has 0 aromatic heterocycles. The second-order valence-corrected chi connectivity index (χ2v) is 8.13. The van der Waals surface area contributed by atoms with Crippen LogP contribution in [-0.2, 0) is 4.79 Å². The molecule has 1 aliphatic rings. The Labute approximate surface area is 195 Å². The van der Waals surface area contributed by atoms with Gasteiger partial charge in [-0.3, -0.25) is 9.59 Å². The molecular formula is C26H32N2O5. The van der Waals surface area contributed by atoms with Crippen molar-refractivity contribution in [1.29, 1.82) is 0 Å². The highest BCUT2D eigenvalue weighted by Crippen LogP contribution is 2.32. The summed E-state index contributed by atoms with van der Waals surface area (Å²) in [5, 5.41) is 3.10. The number of benzene rings is 2. The monoisotopic (exact) mass is 452 g/mol. The molecule has 3 rings (SSSR count). The standard InChI is InChI=1S/C26H32N2O5/c1-17-10-6-8-12-22(20-15-14-19(31-4)16-24(20)32-5)27-25(29)18(2)28(3)26(30)21-11-7-9-13-23(21)33-17/h6-9,11,13-18,22H,10,12H2,1-5H3,(H,27,29)/b8-6+/t17-,18-,22-/m1/s1. The molecule has 176 valence electrons. The van der Waals surface area contributed by atoms with E-state index in [1.807, 2.05) is 37.3 Å². The van der Waals surface area contributed by atoms with E-state index in [-0.39, 0.29) is 24.0 Å². The van der Waals surface area contributed by atoms with Crippen molar-refractivity contribution in [1.82, 2.24) is 10.2 Å². The summed E-state index contributed by atoms with van der Waals surface area (Å²) in [6, 6.07) is 11.6. The third-order valence-electron chi connectivity index (χ3n) is 5.87. The van der Waals surface area contributed by atoms with Gasteiger partial charge in [0, 0.05) is 25.1 Å². The highest BCUT2D eigenvalue weighted by Gasteiger charge is 2.28. The largest absolute Gasteiger partial charge is 0.497 e. The summed E-state index contributed by atoms with van der Waals surface area (Å²) >= 11 is 0. The maximum Gasteiger partial charge on any atom is 0.258 e. The van der Waals surface area contributed by atoms with Crippen molar-refractivity contribution in [3.8, 4) is 17.2 Å². The molecule has 0 saturated carbocycles. The minimum atomic E-state index is -0.693. The number of nitrogens with one attached hydrogen (secondary N) is 1. The third-order valence-corrected chi connectivity index (χ3v) is 5.87. The van der Waals surface area contributed by atoms with Crippen molar-refractivity contribution in [2.24, 2.45) is 0 Å². The summed E-state index contributed by atoms with van der Waals surface area (Å²) in [7, 11) is 4.81. The van der Waals surface area contributed by atoms with E-state index in [0.29, 0.717) is 35.7 Å². The number of para-hydroxylation sites is 1. The lowest BCUT2D eigenvalue weighted by molar-refractivity contribution is -0.125. The van der Waals surface area contributed by atoms with Gasteiger partial charge in [0.15, 0.2) is 0 Å². The van der Waals surface area contributed by atoms with E-state index in [9.17, 15) is 9.59 Å². The summed E-state index contributed by atoms with van der Waals surface area (Å²) in [6.07, 6.45) is 5.17. The van der Waals surface area contributed by atoms with Gasteiger partial charge in [0.25, 0.3) is 5.91 Å². The molecule has 0 bridgehead atoms. The van der Waals surface area contributed by atoms with Crippen molar-refractivity contribution in [3.05, 3.63) is 65.7 Å². The number of amides is 2. The predicted octanol–water partition coefficient (Wildman–Crippen LogP) is 4.14. The lowest BCUT2D eigenvalue weighted by Crippen LogP contribution is -2.47. The Morgan fingerprint density at radius 3 is 2.45 bits per heavy atom. The number of hydrogen-bond donors (Lipinski definition) is 1. The molecule has 2 amide bonds. The Morgan fingerprint density at radius 1 is 1.00 bits per heavy atom. The van der Waals surface area contributed by atoms with E-state index in [1.54, 1.807) is 52.5 Å². The zero-order chi connectivity index (χ0) is 24.0. The molecule has 0 radical (unpaired) electrons. The molecule has 0 fully saturated rings. The van der Waals surface area contributed by atoms with E-state index in [4.69, 9.17) is 14.2 Å². The van der Waals surface area contributed by atoms with E-state index in [1.165, 1.54) is 4.90 Å². The van der Waals surface area contributed by atoms with Gasteiger partial charge in [-0.25, -0.2) is 0 Å². The Bertz CT molecular complexity index is 1020. The predicted molar refractivity (Wildman–Crippen MR) is 127 cm³/mol. The van der Waals surface area contributed by atoms with Gasteiger partial charge in [-0.1, -0.05) is 24.3 Å². The number of carbonyl (C=O) groups is 2. The number of fused-ring (bicyclic) bond motifs is 1. The number of nitrogens with zero attached hydrogens (tertiary/aromatic N) is 1. The normalized spacial score (nSPS) is 22.9. The fourth-order valence-electron chi connectivity index (χ4n) is 3.74. The first-order chi connectivity index (χ1) is 15.8. The summed E-state index contributed by atoms with van der Waals surface area (Å²) in [6.45, 7) is 3.68. The summed E-state index contributed by atoms with van der Waals surface area (Å²) in [4.78, 5) is 27.8. The first kappa shape index (κ1) is 24.2. The van der Waals surface area contributed by atoms with Gasteiger partial charge in [0.1, 0.15) is 23.3 Å². The van der Waals surface area contributed by atoms with Crippen LogP contribution < -0.4 is 19.5 Å². The van der Waals surface area contributed by atoms with Crippen molar-refractivity contribution in [3.63, 3.8) is 0 Å². The second-order valence-electron chi connectivity index (χ2n) is 8.13. The molecule has 0 aliphatic carbocycles. The summed E-state index contributed by atoms with van der Waals surface area (Å²) in [5.74, 6) is 1.27. The topological polar surface area (TPSA) is 77.1 Å². The maximum absolute atomic E-state index is 13.2. The SMILES string of the molecule is COc1ccc([C@H]2C/C=C/C[C@@H](C)Oc3ccccc3C(=O)N(C)[C@H](C)C(=O)N2)c(OC)c1. The van der Waals surface area contributed by atoms with Crippen molar-refractivity contribution < 1.29 is 23.8 Å². The van der Waals surface area contributed by atoms with Gasteiger partial charge < -0.3 is 24.4 Å². The van der Waals surface area contributed by atoms with Crippen LogP contribution in [0.1, 0.15) is 48.7 Å². The number of ether oxygens (including phenoxy) is 3. The number of carbonyl (C=O) groups excluding carboxylic acids is 2. The molecular weight excluding hydrogens is 420 g/mol. The molecule has 1 heterocycles. The number of rotatable bonds is 3. The molecule has 3 atom stereocenters. The van der Waals surface area contributed by atoms with Crippen molar-refractivity contribution >= 4 is 11.8 Å². The van der Waals surface area contributed by atoms with Crippen LogP contribution in [0.15, 0.2) is 54.6 Å². The Morgan fingerprint density at radius 2 is 1.73 bits per heavy atom. The molecule has 2 aromatic carbocycles. The van der Waals surface area contributed by atoms with Crippen LogP contribution in [0.4, 0.5) is 0 Å². The Kier molecular flexibility index (Phi) is 7.98. The van der Waals surface area contributed by atoms with Crippen LogP contribution in [0.3, 0.4) is 0 Å². The minimum Gasteiger partial charge on any atom is -0.497 e. The summed E-state index contributed by atoms with van der Waals surface area (Å²) < 4.78 is 16.9. The molecule has 7 heteroatoms. The molecule has 33 heavy (non-hydrogen) atoms. The van der Waals surface area contributed by atoms with Gasteiger partial charge in [-0.15, -0.1) is 0 Å². The van der Waals surface area contributed by atoms with E-state index in [0.717, 1.165) is 5.56 Å². The van der Waals surface area contributed by atoms with Gasteiger partial charge in [0.2, 0.25) is 5.91 Å². The van der Waals surface area contributed by atoms with Crippen LogP contribution in [0.5, 0.6) is 17.2 Å². The van der Waals surface area contributed by atoms with Gasteiger partial charge in [-0.05, 0) is 44.5 Å². The minimum absolute atomic E-state index is 0.121. The summed E-state index contributed by atoms with van der Waals surface area (Å²) in [5.41, 5.74) is 1.26. The van der Waals surface area contributed by atoms with Gasteiger partial charge in [0.05, 0.1) is 31.9 Å². The highest BCUT2D eigenvalue weighted by atomic mass is 16.5. The molecule has 2 aromatic rings. The molecule has 0 saturated heterocycles. The molecule has 0 spiro atoms. The third kappa shape index (κ3) is 5.66. The van der Waals surface area contributed by atoms with Crippen molar-refractivity contribution in [2.75, 3.05) is 21.3 Å². The Balaban J connectivity index is 1.96. The zero-order valence-corrected chi connectivity index (χ0v) is 19.8. The van der Waals surface area contributed by atoms with Gasteiger partial charge >= 0.3 is 0 Å². The fraction of sp³-hybridized carbons (Fsp3) is 0.385. The number of methoxy groups -OCH3 is 2. The first-order valence-corrected chi connectivity index (χ1v) is 11.1. The van der Waals surface area contributed by atoms with E-state index >= 15 is 0 Å². The van der Waals surface area contributed by atoms with E-state index < -0.39 is 6.04 Å². The van der Waals surface area contributed by atoms with Crippen LogP contribution in [0.2, 0.25) is 0 Å². The van der Waals surface area contributed by atoms with Crippen molar-refractivity contribution in [2.45, 2.75) is 44.9 Å². The smallest absolute Gasteiger partial charge is 0.258 e. The van der Waals surface area contributed by atoms with Crippen LogP contribution >= 0.6 is 0 Å². The molecule has 1 aliphatic heterocycles. The average molecular weight is 453 g/mol. The molecule has 1 N–H and O–H groups in total. The maximum atomic E-state index is 13.2. The zero-order valence-electron chi connectivity index (χ0n) is 19.8. The molecule has 7 nitrogen and oxygen atoms in total. The van der Waals surface area contributed by atoms with Crippen LogP contribution in [0, 0.1) is 0 Å².